The number of benzene rings is 1. The second-order valence-corrected chi connectivity index (χ2v) is 5.70. The molecule has 10 heteroatoms. The Balaban J connectivity index is 1.83. The normalized spacial score (nSPS) is 17.2. The predicted octanol–water partition coefficient (Wildman–Crippen LogP) is 2.71. The van der Waals surface area contributed by atoms with Crippen LogP contribution in [-0.4, -0.2) is 27.7 Å². The van der Waals surface area contributed by atoms with Gasteiger partial charge in [-0.2, -0.15) is 13.2 Å². The van der Waals surface area contributed by atoms with E-state index in [0.29, 0.717) is 5.69 Å². The second kappa shape index (κ2) is 5.50. The van der Waals surface area contributed by atoms with Crippen LogP contribution in [0.4, 0.5) is 18.9 Å². The predicted molar refractivity (Wildman–Crippen MR) is 79.1 cm³/mol. The van der Waals surface area contributed by atoms with E-state index in [1.54, 1.807) is 0 Å². The fraction of sp³-hybridized carbons (Fsp3) is 0.267. The van der Waals surface area contributed by atoms with Crippen LogP contribution in [0.1, 0.15) is 19.7 Å². The number of ether oxygens (including phenoxy) is 2. The number of nitrogens with one attached hydrogen (secondary N) is 2. The van der Waals surface area contributed by atoms with Gasteiger partial charge in [-0.05, 0) is 18.2 Å². The van der Waals surface area contributed by atoms with Gasteiger partial charge in [0.1, 0.15) is 0 Å². The van der Waals surface area contributed by atoms with Crippen molar-refractivity contribution in [3.63, 3.8) is 0 Å². The van der Waals surface area contributed by atoms with Crippen LogP contribution in [0.3, 0.4) is 0 Å². The molecule has 0 atom stereocenters. The Morgan fingerprint density at radius 3 is 2.44 bits per heavy atom. The molecule has 1 aliphatic heterocycles. The van der Waals surface area contributed by atoms with Crippen molar-refractivity contribution in [3.8, 4) is 0 Å². The molecule has 2 aromatic rings. The zero-order chi connectivity index (χ0) is 18.4. The third kappa shape index (κ3) is 3.42. The van der Waals surface area contributed by atoms with Crippen LogP contribution in [0.2, 0.25) is 0 Å². The molecule has 2 N–H and O–H groups in total. The highest BCUT2D eigenvalue weighted by Gasteiger charge is 2.39. The lowest BCUT2D eigenvalue weighted by Crippen LogP contribution is -2.42. The summed E-state index contributed by atoms with van der Waals surface area (Å²) in [7, 11) is 0. The lowest BCUT2D eigenvalue weighted by molar-refractivity contribution is -0.222. The number of H-pyrrole nitrogens is 1. The lowest BCUT2D eigenvalue weighted by atomic mass is 10.2. The Kier molecular flexibility index (Phi) is 3.70. The summed E-state index contributed by atoms with van der Waals surface area (Å²) in [4.78, 5) is 29.2. The number of hydrogen-bond acceptors (Lipinski definition) is 6. The van der Waals surface area contributed by atoms with Crippen molar-refractivity contribution in [1.29, 1.82) is 0 Å². The maximum absolute atomic E-state index is 12.6. The van der Waals surface area contributed by atoms with E-state index in [1.807, 2.05) is 0 Å². The smallest absolute Gasteiger partial charge is 0.419 e. The number of halogens is 3. The standard InChI is InChI=1S/C15H12F3N3O4/c1-14(2)24-11(22)8(12(23)25-14)6-19-7-3-4-9-10(5-7)21-13(20-9)15(16,17)18/h3-6,19H,1-2H3,(H,20,21). The number of aromatic nitrogens is 2. The molecule has 1 fully saturated rings. The van der Waals surface area contributed by atoms with Gasteiger partial charge in [0.2, 0.25) is 5.82 Å². The van der Waals surface area contributed by atoms with Gasteiger partial charge in [-0.15, -0.1) is 0 Å². The molecule has 1 aliphatic rings. The van der Waals surface area contributed by atoms with Gasteiger partial charge in [0.15, 0.2) is 5.57 Å². The van der Waals surface area contributed by atoms with Crippen molar-refractivity contribution in [2.24, 2.45) is 0 Å². The van der Waals surface area contributed by atoms with Crippen LogP contribution >= 0.6 is 0 Å². The molecule has 132 valence electrons. The SMILES string of the molecule is CC1(C)OC(=O)C(=CNc2ccc3nc(C(F)(F)F)[nH]c3c2)C(=O)O1. The molecule has 0 unspecified atom stereocenters. The largest absolute Gasteiger partial charge is 0.449 e. The van der Waals surface area contributed by atoms with Gasteiger partial charge in [-0.1, -0.05) is 0 Å². The monoisotopic (exact) mass is 355 g/mol. The van der Waals surface area contributed by atoms with E-state index in [0.717, 1.165) is 6.20 Å². The summed E-state index contributed by atoms with van der Waals surface area (Å²) in [6.07, 6.45) is -3.51. The van der Waals surface area contributed by atoms with Crippen molar-refractivity contribution in [1.82, 2.24) is 9.97 Å². The minimum atomic E-state index is -4.59. The average Bonchev–Trinajstić information content (AvgIpc) is 2.88. The summed E-state index contributed by atoms with van der Waals surface area (Å²) >= 11 is 0. The van der Waals surface area contributed by atoms with Crippen molar-refractivity contribution in [3.05, 3.63) is 35.8 Å². The number of cyclic esters (lactones) is 2. The van der Waals surface area contributed by atoms with Crippen molar-refractivity contribution in [2.45, 2.75) is 25.8 Å². The van der Waals surface area contributed by atoms with Gasteiger partial charge in [-0.3, -0.25) is 0 Å². The Bertz CT molecular complexity index is 877. The first kappa shape index (κ1) is 16.8. The molecule has 0 bridgehead atoms. The summed E-state index contributed by atoms with van der Waals surface area (Å²) in [5.74, 6) is -4.19. The zero-order valence-electron chi connectivity index (χ0n) is 13.0. The van der Waals surface area contributed by atoms with Crippen LogP contribution < -0.4 is 5.32 Å². The van der Waals surface area contributed by atoms with E-state index < -0.39 is 29.7 Å². The molecule has 0 spiro atoms. The maximum Gasteiger partial charge on any atom is 0.449 e. The molecule has 0 aliphatic carbocycles. The lowest BCUT2D eigenvalue weighted by Gasteiger charge is -2.29. The number of carbonyl (C=O) groups excluding carboxylic acids is 2. The number of hydrogen-bond donors (Lipinski definition) is 2. The number of nitrogens with zero attached hydrogens (tertiary/aromatic N) is 1. The molecule has 0 saturated carbocycles. The van der Waals surface area contributed by atoms with Crippen molar-refractivity contribution < 1.29 is 32.2 Å². The summed E-state index contributed by atoms with van der Waals surface area (Å²) in [5, 5.41) is 2.65. The first-order valence-corrected chi connectivity index (χ1v) is 7.05. The molecule has 2 heterocycles. The van der Waals surface area contributed by atoms with Gasteiger partial charge in [-0.25, -0.2) is 14.6 Å². The van der Waals surface area contributed by atoms with E-state index in [2.05, 4.69) is 15.3 Å². The highest BCUT2D eigenvalue weighted by molar-refractivity contribution is 6.15. The van der Waals surface area contributed by atoms with Gasteiger partial charge in [0, 0.05) is 25.7 Å². The quantitative estimate of drug-likeness (QED) is 0.489. The number of esters is 2. The van der Waals surface area contributed by atoms with Gasteiger partial charge >= 0.3 is 18.1 Å². The second-order valence-electron chi connectivity index (χ2n) is 5.70. The summed E-state index contributed by atoms with van der Waals surface area (Å²) in [5.41, 5.74) is 0.247. The molecule has 3 rings (SSSR count). The van der Waals surface area contributed by atoms with Gasteiger partial charge in [0.25, 0.3) is 5.79 Å². The van der Waals surface area contributed by atoms with Crippen LogP contribution in [0.25, 0.3) is 11.0 Å². The number of aromatic amines is 1. The number of fused-ring (bicyclic) bond motifs is 1. The van der Waals surface area contributed by atoms with Crippen LogP contribution in [0.15, 0.2) is 30.0 Å². The van der Waals surface area contributed by atoms with Crippen LogP contribution in [0.5, 0.6) is 0 Å². The Hall–Kier alpha value is -3.04. The molecule has 1 aromatic heterocycles. The fourth-order valence-electron chi connectivity index (χ4n) is 2.17. The van der Waals surface area contributed by atoms with Gasteiger partial charge < -0.3 is 19.8 Å². The number of alkyl halides is 3. The topological polar surface area (TPSA) is 93.3 Å². The first-order chi connectivity index (χ1) is 11.5. The fourth-order valence-corrected chi connectivity index (χ4v) is 2.17. The Morgan fingerprint density at radius 1 is 1.20 bits per heavy atom. The number of carbonyl (C=O) groups is 2. The van der Waals surface area contributed by atoms with E-state index >= 15 is 0 Å². The van der Waals surface area contributed by atoms with E-state index in [4.69, 9.17) is 9.47 Å². The molecule has 25 heavy (non-hydrogen) atoms. The van der Waals surface area contributed by atoms with Crippen molar-refractivity contribution in [2.75, 3.05) is 5.32 Å². The van der Waals surface area contributed by atoms with E-state index in [9.17, 15) is 22.8 Å². The first-order valence-electron chi connectivity index (χ1n) is 7.05. The molecule has 7 nitrogen and oxygen atoms in total. The Morgan fingerprint density at radius 2 is 1.84 bits per heavy atom. The highest BCUT2D eigenvalue weighted by atomic mass is 19.4. The third-order valence-electron chi connectivity index (χ3n) is 3.25. The number of imidazole rings is 1. The summed E-state index contributed by atoms with van der Waals surface area (Å²) in [6, 6.07) is 4.17. The van der Waals surface area contributed by atoms with Gasteiger partial charge in [0.05, 0.1) is 11.0 Å². The minimum Gasteiger partial charge on any atom is -0.419 e. The van der Waals surface area contributed by atoms with E-state index in [-0.39, 0.29) is 16.6 Å². The highest BCUT2D eigenvalue weighted by Crippen LogP contribution is 2.29. The molecular weight excluding hydrogens is 343 g/mol. The number of rotatable bonds is 2. The summed E-state index contributed by atoms with van der Waals surface area (Å²) < 4.78 is 47.8. The zero-order valence-corrected chi connectivity index (χ0v) is 13.0. The molecular formula is C15H12F3N3O4. The number of anilines is 1. The van der Waals surface area contributed by atoms with E-state index in [1.165, 1.54) is 32.0 Å². The summed E-state index contributed by atoms with van der Waals surface area (Å²) in [6.45, 7) is 2.83. The molecule has 0 radical (unpaired) electrons. The average molecular weight is 355 g/mol. The Labute approximate surface area is 138 Å². The van der Waals surface area contributed by atoms with Crippen LogP contribution in [-0.2, 0) is 25.2 Å². The molecule has 1 saturated heterocycles. The van der Waals surface area contributed by atoms with Crippen molar-refractivity contribution >= 4 is 28.7 Å². The maximum atomic E-state index is 12.6. The van der Waals surface area contributed by atoms with Crippen LogP contribution in [0, 0.1) is 0 Å². The molecule has 0 amide bonds. The third-order valence-corrected chi connectivity index (χ3v) is 3.25. The minimum absolute atomic E-state index is 0.128. The molecule has 1 aromatic carbocycles.